The molecular weight excluding hydrogens is 476 g/mol. The van der Waals surface area contributed by atoms with Crippen LogP contribution in [0, 0.1) is 0 Å². The van der Waals surface area contributed by atoms with Crippen LogP contribution in [0.25, 0.3) is 0 Å². The molecule has 1 N–H and O–H groups in total. The van der Waals surface area contributed by atoms with Crippen LogP contribution in [0.2, 0.25) is 0 Å². The van der Waals surface area contributed by atoms with Gasteiger partial charge in [0, 0.05) is 25.0 Å². The minimum atomic E-state index is -1.29. The average Bonchev–Trinajstić information content (AvgIpc) is 2.87. The van der Waals surface area contributed by atoms with Crippen LogP contribution in [0.4, 0.5) is 0 Å². The molecule has 1 atom stereocenters. The molecule has 0 fully saturated rings. The zero-order valence-electron chi connectivity index (χ0n) is 23.2. The van der Waals surface area contributed by atoms with Crippen LogP contribution in [0.3, 0.4) is 0 Å². The largest absolute Gasteiger partial charge is 0.478 e. The number of carbonyl (C=O) groups excluding carboxylic acids is 3. The molecule has 214 valence electrons. The Morgan fingerprint density at radius 3 is 1.35 bits per heavy atom. The predicted molar refractivity (Wildman–Crippen MR) is 143 cm³/mol. The summed E-state index contributed by atoms with van der Waals surface area (Å²) in [5.41, 5.74) is 0. The fourth-order valence-electron chi connectivity index (χ4n) is 3.78. The first kappa shape index (κ1) is 34.6. The van der Waals surface area contributed by atoms with Gasteiger partial charge in [0.05, 0.1) is 0 Å². The summed E-state index contributed by atoms with van der Waals surface area (Å²) in [5, 5.41) is 8.66. The highest BCUT2D eigenvalue weighted by atomic mass is 16.6. The number of carbonyl (C=O) groups is 4. The van der Waals surface area contributed by atoms with Crippen LogP contribution < -0.4 is 0 Å². The van der Waals surface area contributed by atoms with Crippen LogP contribution in [0.15, 0.2) is 12.2 Å². The van der Waals surface area contributed by atoms with E-state index in [1.807, 2.05) is 0 Å². The van der Waals surface area contributed by atoms with Gasteiger partial charge in [0.15, 0.2) is 6.10 Å². The Hall–Kier alpha value is -2.38. The van der Waals surface area contributed by atoms with Gasteiger partial charge >= 0.3 is 23.9 Å². The summed E-state index contributed by atoms with van der Waals surface area (Å²) in [6.07, 6.45) is 18.8. The van der Waals surface area contributed by atoms with Gasteiger partial charge in [0.1, 0.15) is 13.2 Å². The lowest BCUT2D eigenvalue weighted by Gasteiger charge is -2.17. The van der Waals surface area contributed by atoms with E-state index in [1.165, 1.54) is 57.8 Å². The van der Waals surface area contributed by atoms with Crippen molar-refractivity contribution in [3.63, 3.8) is 0 Å². The maximum atomic E-state index is 12.1. The van der Waals surface area contributed by atoms with Crippen LogP contribution in [0.5, 0.6) is 0 Å². The van der Waals surface area contributed by atoms with E-state index < -0.39 is 30.0 Å². The van der Waals surface area contributed by atoms with Crippen molar-refractivity contribution in [2.45, 2.75) is 136 Å². The predicted octanol–water partition coefficient (Wildman–Crippen LogP) is 6.69. The number of ether oxygens (including phenoxy) is 3. The average molecular weight is 527 g/mol. The summed E-state index contributed by atoms with van der Waals surface area (Å²) in [5.74, 6) is -3.01. The second kappa shape index (κ2) is 25.3. The number of carboxylic acids is 1. The molecule has 8 nitrogen and oxygen atoms in total. The summed E-state index contributed by atoms with van der Waals surface area (Å²) in [4.78, 5) is 46.6. The van der Waals surface area contributed by atoms with Crippen molar-refractivity contribution < 1.29 is 38.5 Å². The molecular formula is C29H50O8. The maximum Gasteiger partial charge on any atom is 0.331 e. The highest BCUT2D eigenvalue weighted by Gasteiger charge is 2.18. The molecule has 37 heavy (non-hydrogen) atoms. The molecule has 0 saturated carbocycles. The summed E-state index contributed by atoms with van der Waals surface area (Å²) >= 11 is 0. The number of unbranched alkanes of at least 4 members (excludes halogenated alkanes) is 14. The van der Waals surface area contributed by atoms with E-state index >= 15 is 0 Å². The number of aliphatic carboxylic acids is 1. The van der Waals surface area contributed by atoms with Crippen molar-refractivity contribution in [1.82, 2.24) is 0 Å². The van der Waals surface area contributed by atoms with Crippen molar-refractivity contribution in [2.24, 2.45) is 0 Å². The van der Waals surface area contributed by atoms with Crippen LogP contribution in [-0.2, 0) is 33.4 Å². The summed E-state index contributed by atoms with van der Waals surface area (Å²) in [6.45, 7) is 3.86. The first-order valence-electron chi connectivity index (χ1n) is 14.3. The summed E-state index contributed by atoms with van der Waals surface area (Å²) in [6, 6.07) is 0. The van der Waals surface area contributed by atoms with Crippen molar-refractivity contribution in [2.75, 3.05) is 13.2 Å². The third kappa shape index (κ3) is 25.1. The Morgan fingerprint density at radius 1 is 0.595 bits per heavy atom. The molecule has 8 heteroatoms. The molecule has 0 aliphatic heterocycles. The Morgan fingerprint density at radius 2 is 0.973 bits per heavy atom. The van der Waals surface area contributed by atoms with E-state index in [0.29, 0.717) is 6.08 Å². The quantitative estimate of drug-likeness (QED) is 0.0605. The molecule has 0 amide bonds. The zero-order chi connectivity index (χ0) is 27.6. The lowest BCUT2D eigenvalue weighted by atomic mass is 10.1. The van der Waals surface area contributed by atoms with Gasteiger partial charge in [-0.15, -0.1) is 0 Å². The van der Waals surface area contributed by atoms with Gasteiger partial charge in [-0.1, -0.05) is 104 Å². The highest BCUT2D eigenvalue weighted by Crippen LogP contribution is 2.12. The number of carboxylic acid groups (broad SMARTS) is 1. The van der Waals surface area contributed by atoms with Gasteiger partial charge in [0.25, 0.3) is 0 Å². The van der Waals surface area contributed by atoms with Crippen LogP contribution >= 0.6 is 0 Å². The fourth-order valence-corrected chi connectivity index (χ4v) is 3.78. The lowest BCUT2D eigenvalue weighted by molar-refractivity contribution is -0.163. The molecule has 0 heterocycles. The van der Waals surface area contributed by atoms with Gasteiger partial charge in [-0.25, -0.2) is 9.59 Å². The molecule has 0 bridgehead atoms. The number of hydrogen-bond donors (Lipinski definition) is 1. The smallest absolute Gasteiger partial charge is 0.331 e. The molecule has 0 aromatic heterocycles. The first-order valence-corrected chi connectivity index (χ1v) is 14.3. The van der Waals surface area contributed by atoms with Crippen LogP contribution in [-0.4, -0.2) is 48.3 Å². The topological polar surface area (TPSA) is 116 Å². The Labute approximate surface area is 223 Å². The zero-order valence-corrected chi connectivity index (χ0v) is 23.2. The minimum absolute atomic E-state index is 0.256. The van der Waals surface area contributed by atoms with Crippen LogP contribution in [0.1, 0.15) is 129 Å². The number of rotatable bonds is 25. The third-order valence-electron chi connectivity index (χ3n) is 5.97. The molecule has 0 aliphatic rings. The second-order valence-electron chi connectivity index (χ2n) is 9.55. The molecule has 0 saturated heterocycles. The highest BCUT2D eigenvalue weighted by molar-refractivity contribution is 5.90. The molecule has 0 radical (unpaired) electrons. The first-order chi connectivity index (χ1) is 17.9. The van der Waals surface area contributed by atoms with E-state index in [4.69, 9.17) is 19.3 Å². The standard InChI is InChI=1S/C29H50O8/c1-3-5-7-9-11-12-14-16-18-20-28(33)36-24-25(37-29(34)22-21-26(30)31)23-35-27(32)19-17-15-13-10-8-6-4-2/h21-22,25H,3-20,23-24H2,1-2H3,(H,30,31)/b22-21+. The van der Waals surface area contributed by atoms with Crippen molar-refractivity contribution in [3.8, 4) is 0 Å². The summed E-state index contributed by atoms with van der Waals surface area (Å²) in [7, 11) is 0. The molecule has 0 aromatic carbocycles. The van der Waals surface area contributed by atoms with Crippen molar-refractivity contribution in [1.29, 1.82) is 0 Å². The van der Waals surface area contributed by atoms with Gasteiger partial charge in [0.2, 0.25) is 0 Å². The van der Waals surface area contributed by atoms with Crippen molar-refractivity contribution >= 4 is 23.9 Å². The van der Waals surface area contributed by atoms with E-state index in [-0.39, 0.29) is 26.1 Å². The molecule has 1 unspecified atom stereocenters. The van der Waals surface area contributed by atoms with Gasteiger partial charge < -0.3 is 19.3 Å². The normalized spacial score (nSPS) is 11.8. The molecule has 0 rings (SSSR count). The number of hydrogen-bond acceptors (Lipinski definition) is 7. The van der Waals surface area contributed by atoms with Gasteiger partial charge in [-0.2, -0.15) is 0 Å². The molecule has 0 spiro atoms. The Bertz CT molecular complexity index is 644. The van der Waals surface area contributed by atoms with E-state index in [2.05, 4.69) is 13.8 Å². The maximum absolute atomic E-state index is 12.1. The molecule has 0 aliphatic carbocycles. The van der Waals surface area contributed by atoms with E-state index in [1.54, 1.807) is 0 Å². The fraction of sp³-hybridized carbons (Fsp3) is 0.793. The van der Waals surface area contributed by atoms with E-state index in [0.717, 1.165) is 51.0 Å². The van der Waals surface area contributed by atoms with Crippen molar-refractivity contribution in [3.05, 3.63) is 12.2 Å². The minimum Gasteiger partial charge on any atom is -0.478 e. The van der Waals surface area contributed by atoms with Gasteiger partial charge in [-0.3, -0.25) is 9.59 Å². The monoisotopic (exact) mass is 526 g/mol. The third-order valence-corrected chi connectivity index (χ3v) is 5.97. The SMILES string of the molecule is CCCCCCCCCCCC(=O)OCC(COC(=O)CCCCCCCCC)OC(=O)/C=C/C(=O)O. The lowest BCUT2D eigenvalue weighted by Crippen LogP contribution is -2.30. The molecule has 0 aromatic rings. The Kier molecular flexibility index (Phi) is 23.7. The summed E-state index contributed by atoms with van der Waals surface area (Å²) < 4.78 is 15.6. The second-order valence-corrected chi connectivity index (χ2v) is 9.55. The Balaban J connectivity index is 4.30. The number of esters is 3. The van der Waals surface area contributed by atoms with E-state index in [9.17, 15) is 19.2 Å². The van der Waals surface area contributed by atoms with Gasteiger partial charge in [-0.05, 0) is 12.8 Å².